The second kappa shape index (κ2) is 4.30. The monoisotopic (exact) mass is 197 g/mol. The van der Waals surface area contributed by atoms with Crippen molar-refractivity contribution in [2.24, 2.45) is 22.1 Å². The van der Waals surface area contributed by atoms with Gasteiger partial charge in [-0.25, -0.2) is 0 Å². The smallest absolute Gasteiger partial charge is 0.0968 e. The van der Waals surface area contributed by atoms with Crippen LogP contribution in [0.15, 0.2) is 4.99 Å². The third kappa shape index (κ3) is 4.09. The Hall–Kier alpha value is -0.570. The largest absolute Gasteiger partial charge is 0.387 e. The van der Waals surface area contributed by atoms with E-state index < -0.39 is 0 Å². The lowest BCUT2D eigenvalue weighted by Crippen LogP contribution is -2.32. The van der Waals surface area contributed by atoms with Gasteiger partial charge in [-0.05, 0) is 32.4 Å². The Kier molecular flexibility index (Phi) is 3.53. The fraction of sp³-hybridized carbons (Fsp3) is 0.909. The predicted molar refractivity (Wildman–Crippen MR) is 61.5 cm³/mol. The van der Waals surface area contributed by atoms with Crippen LogP contribution in [0.2, 0.25) is 0 Å². The first-order chi connectivity index (χ1) is 6.41. The third-order valence-electron chi connectivity index (χ3n) is 2.43. The minimum atomic E-state index is 0.225. The number of nitrogens with zero attached hydrogens (tertiary/aromatic N) is 2. The molecule has 0 heterocycles. The van der Waals surface area contributed by atoms with Gasteiger partial charge in [0.1, 0.15) is 0 Å². The van der Waals surface area contributed by atoms with E-state index in [1.54, 1.807) is 0 Å². The normalized spacial score (nSPS) is 19.1. The summed E-state index contributed by atoms with van der Waals surface area (Å²) in [5.74, 6) is 1.47. The highest BCUT2D eigenvalue weighted by atomic mass is 15.1. The Morgan fingerprint density at radius 2 is 2.00 bits per heavy atom. The van der Waals surface area contributed by atoms with E-state index in [4.69, 9.17) is 5.73 Å². The van der Waals surface area contributed by atoms with E-state index in [0.29, 0.717) is 5.92 Å². The van der Waals surface area contributed by atoms with Crippen molar-refractivity contribution >= 4 is 5.84 Å². The first kappa shape index (κ1) is 11.5. The molecule has 0 bridgehead atoms. The lowest BCUT2D eigenvalue weighted by molar-refractivity contribution is 0.249. The van der Waals surface area contributed by atoms with E-state index in [2.05, 4.69) is 37.8 Å². The molecule has 1 fully saturated rings. The van der Waals surface area contributed by atoms with Crippen LogP contribution in [0.1, 0.15) is 26.7 Å². The van der Waals surface area contributed by atoms with Crippen LogP contribution in [0.5, 0.6) is 0 Å². The van der Waals surface area contributed by atoms with Gasteiger partial charge in [-0.3, -0.25) is 4.99 Å². The summed E-state index contributed by atoms with van der Waals surface area (Å²) >= 11 is 0. The Morgan fingerprint density at radius 3 is 2.43 bits per heavy atom. The molecule has 0 saturated heterocycles. The van der Waals surface area contributed by atoms with Crippen molar-refractivity contribution in [2.75, 3.05) is 27.2 Å². The maximum absolute atomic E-state index is 5.85. The highest BCUT2D eigenvalue weighted by Crippen LogP contribution is 2.29. The molecule has 1 aliphatic carbocycles. The second-order valence-electron chi connectivity index (χ2n) is 5.42. The molecular weight excluding hydrogens is 174 g/mol. The second-order valence-corrected chi connectivity index (χ2v) is 5.42. The van der Waals surface area contributed by atoms with Gasteiger partial charge in [-0.1, -0.05) is 13.8 Å². The molecule has 0 unspecified atom stereocenters. The van der Waals surface area contributed by atoms with Crippen LogP contribution >= 0.6 is 0 Å². The summed E-state index contributed by atoms with van der Waals surface area (Å²) in [6, 6.07) is 0. The highest BCUT2D eigenvalue weighted by Gasteiger charge is 2.26. The molecule has 0 aromatic heterocycles. The van der Waals surface area contributed by atoms with Crippen LogP contribution in [-0.2, 0) is 0 Å². The molecule has 0 radical (unpaired) electrons. The fourth-order valence-electron chi connectivity index (χ4n) is 1.72. The van der Waals surface area contributed by atoms with E-state index in [0.717, 1.165) is 18.9 Å². The summed E-state index contributed by atoms with van der Waals surface area (Å²) in [7, 11) is 4.19. The van der Waals surface area contributed by atoms with Gasteiger partial charge in [0.15, 0.2) is 0 Å². The minimum Gasteiger partial charge on any atom is -0.387 e. The number of amidine groups is 1. The van der Waals surface area contributed by atoms with Crippen molar-refractivity contribution in [1.82, 2.24) is 4.90 Å². The molecule has 0 aromatic rings. The maximum atomic E-state index is 5.85. The van der Waals surface area contributed by atoms with E-state index in [1.807, 2.05) is 0 Å². The van der Waals surface area contributed by atoms with Gasteiger partial charge in [0.05, 0.1) is 5.84 Å². The van der Waals surface area contributed by atoms with E-state index in [-0.39, 0.29) is 5.41 Å². The van der Waals surface area contributed by atoms with Crippen molar-refractivity contribution < 1.29 is 0 Å². The standard InChI is InChI=1S/C11H23N3/c1-11(2,8-14(3)4)7-13-10(12)9-5-6-9/h9H,5-8H2,1-4H3,(H2,12,13). The van der Waals surface area contributed by atoms with Crippen molar-refractivity contribution in [2.45, 2.75) is 26.7 Å². The van der Waals surface area contributed by atoms with Crippen LogP contribution < -0.4 is 5.73 Å². The molecular formula is C11H23N3. The number of hydrogen-bond donors (Lipinski definition) is 1. The van der Waals surface area contributed by atoms with Crippen molar-refractivity contribution in [3.05, 3.63) is 0 Å². The summed E-state index contributed by atoms with van der Waals surface area (Å²) in [6.45, 7) is 6.36. The highest BCUT2D eigenvalue weighted by molar-refractivity contribution is 5.84. The summed E-state index contributed by atoms with van der Waals surface area (Å²) in [5.41, 5.74) is 6.08. The average molecular weight is 197 g/mol. The molecule has 82 valence electrons. The summed E-state index contributed by atoms with van der Waals surface area (Å²) in [6.07, 6.45) is 2.48. The number of rotatable bonds is 5. The zero-order chi connectivity index (χ0) is 10.8. The quantitative estimate of drug-likeness (QED) is 0.534. The molecule has 1 saturated carbocycles. The molecule has 14 heavy (non-hydrogen) atoms. The lowest BCUT2D eigenvalue weighted by atomic mass is 9.93. The van der Waals surface area contributed by atoms with Crippen LogP contribution in [0.3, 0.4) is 0 Å². The topological polar surface area (TPSA) is 41.6 Å². The fourth-order valence-corrected chi connectivity index (χ4v) is 1.72. The van der Waals surface area contributed by atoms with Crippen molar-refractivity contribution in [3.8, 4) is 0 Å². The van der Waals surface area contributed by atoms with Crippen LogP contribution in [-0.4, -0.2) is 37.9 Å². The molecule has 0 aliphatic heterocycles. The molecule has 0 atom stereocenters. The summed E-state index contributed by atoms with van der Waals surface area (Å²) in [5, 5.41) is 0. The van der Waals surface area contributed by atoms with Gasteiger partial charge in [-0.15, -0.1) is 0 Å². The van der Waals surface area contributed by atoms with Crippen LogP contribution in [0, 0.1) is 11.3 Å². The summed E-state index contributed by atoms with van der Waals surface area (Å²) in [4.78, 5) is 6.68. The molecule has 0 aromatic carbocycles. The maximum Gasteiger partial charge on any atom is 0.0968 e. The SMILES string of the molecule is CN(C)CC(C)(C)CN=C(N)C1CC1. The van der Waals surface area contributed by atoms with E-state index in [1.165, 1.54) is 12.8 Å². The predicted octanol–water partition coefficient (Wildman–Crippen LogP) is 1.34. The Balaban J connectivity index is 2.37. The third-order valence-corrected chi connectivity index (χ3v) is 2.43. The first-order valence-electron chi connectivity index (χ1n) is 5.35. The summed E-state index contributed by atoms with van der Waals surface area (Å²) < 4.78 is 0. The Morgan fingerprint density at radius 1 is 1.43 bits per heavy atom. The van der Waals surface area contributed by atoms with Gasteiger partial charge in [0.2, 0.25) is 0 Å². The molecule has 2 N–H and O–H groups in total. The number of nitrogens with two attached hydrogens (primary N) is 1. The van der Waals surface area contributed by atoms with Gasteiger partial charge in [0, 0.05) is 19.0 Å². The van der Waals surface area contributed by atoms with Crippen LogP contribution in [0.4, 0.5) is 0 Å². The first-order valence-corrected chi connectivity index (χ1v) is 5.35. The minimum absolute atomic E-state index is 0.225. The molecule has 3 heteroatoms. The van der Waals surface area contributed by atoms with Crippen LogP contribution in [0.25, 0.3) is 0 Å². The van der Waals surface area contributed by atoms with E-state index >= 15 is 0 Å². The molecule has 1 aliphatic rings. The molecule has 0 amide bonds. The average Bonchev–Trinajstić information content (AvgIpc) is 2.79. The molecule has 0 spiro atoms. The lowest BCUT2D eigenvalue weighted by Gasteiger charge is -2.26. The van der Waals surface area contributed by atoms with Gasteiger partial charge in [-0.2, -0.15) is 0 Å². The molecule has 1 rings (SSSR count). The zero-order valence-corrected chi connectivity index (χ0v) is 9.88. The van der Waals surface area contributed by atoms with Gasteiger partial charge < -0.3 is 10.6 Å². The number of aliphatic imine (C=N–C) groups is 1. The van der Waals surface area contributed by atoms with Gasteiger partial charge >= 0.3 is 0 Å². The van der Waals surface area contributed by atoms with Crippen molar-refractivity contribution in [1.29, 1.82) is 0 Å². The van der Waals surface area contributed by atoms with E-state index in [9.17, 15) is 0 Å². The number of hydrogen-bond acceptors (Lipinski definition) is 2. The van der Waals surface area contributed by atoms with Crippen molar-refractivity contribution in [3.63, 3.8) is 0 Å². The molecule has 3 nitrogen and oxygen atoms in total. The zero-order valence-electron chi connectivity index (χ0n) is 9.88. The Bertz CT molecular complexity index is 215. The van der Waals surface area contributed by atoms with Gasteiger partial charge in [0.25, 0.3) is 0 Å². The Labute approximate surface area is 87.4 Å².